The summed E-state index contributed by atoms with van der Waals surface area (Å²) in [6.45, 7) is 11.8. The van der Waals surface area contributed by atoms with Crippen molar-refractivity contribution in [3.63, 3.8) is 0 Å². The van der Waals surface area contributed by atoms with Crippen molar-refractivity contribution >= 4 is 34.3 Å². The largest absolute Gasteiger partial charge is 0.490 e. The summed E-state index contributed by atoms with van der Waals surface area (Å²) in [6, 6.07) is 24.2. The van der Waals surface area contributed by atoms with Crippen molar-refractivity contribution in [2.45, 2.75) is 34.1 Å². The average Bonchev–Trinajstić information content (AvgIpc) is 3.03. The van der Waals surface area contributed by atoms with Crippen molar-refractivity contribution < 1.29 is 18.7 Å². The first-order chi connectivity index (χ1) is 21.8. The van der Waals surface area contributed by atoms with Crippen molar-refractivity contribution in [1.82, 2.24) is 14.9 Å². The Morgan fingerprint density at radius 3 is 2.53 bits per heavy atom. The lowest BCUT2D eigenvalue weighted by Gasteiger charge is -2.17. The highest BCUT2D eigenvalue weighted by molar-refractivity contribution is 5.90. The van der Waals surface area contributed by atoms with Gasteiger partial charge in [0.15, 0.2) is 11.6 Å². The smallest absolute Gasteiger partial charge is 0.418 e. The van der Waals surface area contributed by atoms with Crippen LogP contribution >= 0.6 is 0 Å². The number of fused-ring (bicyclic) bond motifs is 1. The van der Waals surface area contributed by atoms with Gasteiger partial charge in [-0.1, -0.05) is 50.2 Å². The Bertz CT molecular complexity index is 1790. The van der Waals surface area contributed by atoms with Crippen LogP contribution in [0.2, 0.25) is 0 Å². The summed E-state index contributed by atoms with van der Waals surface area (Å²) in [6.07, 6.45) is 1.60. The number of hydrogen-bond acceptors (Lipinski definition) is 7. The standard InChI is InChI=1S/C36H38FN5O3/c1-5-42(6-2)19-8-20-44-33-16-14-29(23-32(33)37)39-35-38-18-17-34(40-35)41-36(43)45-30-15-13-26-21-28(12-11-27(26)22-30)31-10-7-9-24(3)25(31)4/h7,9-18,21-23H,5-6,8,19-20H2,1-4H3,(H2,38,39,40,41,43). The van der Waals surface area contributed by atoms with Gasteiger partial charge in [0.1, 0.15) is 11.6 Å². The molecule has 0 aliphatic rings. The third kappa shape index (κ3) is 8.13. The van der Waals surface area contributed by atoms with Crippen LogP contribution in [0, 0.1) is 19.7 Å². The molecule has 8 nitrogen and oxygen atoms in total. The molecule has 0 unspecified atom stereocenters. The second-order valence-electron chi connectivity index (χ2n) is 10.8. The van der Waals surface area contributed by atoms with Crippen molar-refractivity contribution in [3.05, 3.63) is 102 Å². The van der Waals surface area contributed by atoms with Gasteiger partial charge in [0, 0.05) is 24.5 Å². The number of anilines is 3. The number of aromatic nitrogens is 2. The molecule has 0 spiro atoms. The zero-order chi connectivity index (χ0) is 31.8. The first kappa shape index (κ1) is 31.4. The summed E-state index contributed by atoms with van der Waals surface area (Å²) in [5, 5.41) is 7.57. The molecule has 0 aliphatic heterocycles. The molecular weight excluding hydrogens is 569 g/mol. The molecule has 0 fully saturated rings. The van der Waals surface area contributed by atoms with Gasteiger partial charge in [-0.25, -0.2) is 14.2 Å². The Hall–Kier alpha value is -5.02. The Morgan fingerprint density at radius 1 is 0.933 bits per heavy atom. The molecule has 0 saturated heterocycles. The molecular formula is C36H38FN5O3. The summed E-state index contributed by atoms with van der Waals surface area (Å²) in [7, 11) is 0. The monoisotopic (exact) mass is 607 g/mol. The van der Waals surface area contributed by atoms with Crippen LogP contribution in [-0.4, -0.2) is 47.2 Å². The molecule has 0 aliphatic carbocycles. The maximum atomic E-state index is 14.7. The van der Waals surface area contributed by atoms with E-state index in [1.165, 1.54) is 35.0 Å². The van der Waals surface area contributed by atoms with Crippen molar-refractivity contribution in [2.24, 2.45) is 0 Å². The van der Waals surface area contributed by atoms with E-state index in [2.05, 4.69) is 83.5 Å². The van der Waals surface area contributed by atoms with E-state index in [1.54, 1.807) is 18.2 Å². The van der Waals surface area contributed by atoms with Gasteiger partial charge >= 0.3 is 6.09 Å². The molecule has 5 rings (SSSR count). The van der Waals surface area contributed by atoms with Crippen molar-refractivity contribution in [2.75, 3.05) is 36.9 Å². The Balaban J connectivity index is 1.17. The molecule has 0 saturated carbocycles. The SMILES string of the molecule is CCN(CC)CCCOc1ccc(Nc2nccc(NC(=O)Oc3ccc4cc(-c5cccc(C)c5C)ccc4c3)n2)cc1F. The van der Waals surface area contributed by atoms with Crippen LogP contribution < -0.4 is 20.1 Å². The minimum absolute atomic E-state index is 0.186. The first-order valence-corrected chi connectivity index (χ1v) is 15.2. The fourth-order valence-electron chi connectivity index (χ4n) is 5.08. The number of carbonyl (C=O) groups excluding carboxylic acids is 1. The van der Waals surface area contributed by atoms with Gasteiger partial charge in [-0.15, -0.1) is 0 Å². The van der Waals surface area contributed by atoms with Crippen LogP contribution in [0.3, 0.4) is 0 Å². The van der Waals surface area contributed by atoms with E-state index >= 15 is 0 Å². The molecule has 4 aromatic carbocycles. The molecule has 0 radical (unpaired) electrons. The highest BCUT2D eigenvalue weighted by atomic mass is 19.1. The van der Waals surface area contributed by atoms with E-state index in [4.69, 9.17) is 9.47 Å². The zero-order valence-electron chi connectivity index (χ0n) is 26.1. The van der Waals surface area contributed by atoms with Crippen LogP contribution in [0.1, 0.15) is 31.4 Å². The molecule has 1 heterocycles. The number of nitrogens with zero attached hydrogens (tertiary/aromatic N) is 3. The van der Waals surface area contributed by atoms with Gasteiger partial charge in [-0.05, 0) is 103 Å². The minimum Gasteiger partial charge on any atom is -0.490 e. The minimum atomic E-state index is -0.695. The summed E-state index contributed by atoms with van der Waals surface area (Å²) in [4.78, 5) is 23.4. The number of benzene rings is 4. The molecule has 232 valence electrons. The number of carbonyl (C=O) groups is 1. The van der Waals surface area contributed by atoms with Crippen molar-refractivity contribution in [1.29, 1.82) is 0 Å². The predicted molar refractivity (Wildman–Crippen MR) is 178 cm³/mol. The Morgan fingerprint density at radius 2 is 1.73 bits per heavy atom. The van der Waals surface area contributed by atoms with E-state index in [0.717, 1.165) is 42.4 Å². The van der Waals surface area contributed by atoms with Crippen LogP contribution in [0.15, 0.2) is 85.1 Å². The molecule has 9 heteroatoms. The summed E-state index contributed by atoms with van der Waals surface area (Å²) < 4.78 is 25.8. The van der Waals surface area contributed by atoms with Gasteiger partial charge in [0.25, 0.3) is 0 Å². The maximum absolute atomic E-state index is 14.7. The van der Waals surface area contributed by atoms with Gasteiger partial charge in [0.05, 0.1) is 6.61 Å². The zero-order valence-corrected chi connectivity index (χ0v) is 26.1. The highest BCUT2D eigenvalue weighted by Gasteiger charge is 2.11. The summed E-state index contributed by atoms with van der Waals surface area (Å²) in [5.74, 6) is 0.514. The lowest BCUT2D eigenvalue weighted by Crippen LogP contribution is -2.25. The Kier molecular flexibility index (Phi) is 10.2. The third-order valence-corrected chi connectivity index (χ3v) is 7.78. The molecule has 2 N–H and O–H groups in total. The van der Waals surface area contributed by atoms with Crippen LogP contribution in [0.5, 0.6) is 11.5 Å². The van der Waals surface area contributed by atoms with Crippen LogP contribution in [-0.2, 0) is 0 Å². The lowest BCUT2D eigenvalue weighted by molar-refractivity contribution is 0.215. The third-order valence-electron chi connectivity index (χ3n) is 7.78. The molecule has 1 aromatic heterocycles. The van der Waals surface area contributed by atoms with E-state index < -0.39 is 11.9 Å². The van der Waals surface area contributed by atoms with Gasteiger partial charge in [-0.3, -0.25) is 5.32 Å². The van der Waals surface area contributed by atoms with E-state index in [-0.39, 0.29) is 17.5 Å². The van der Waals surface area contributed by atoms with E-state index in [9.17, 15) is 9.18 Å². The average molecular weight is 608 g/mol. The molecule has 5 aromatic rings. The fraction of sp³-hybridized carbons (Fsp3) is 0.250. The number of halogens is 1. The van der Waals surface area contributed by atoms with E-state index in [1.807, 2.05) is 18.2 Å². The normalized spacial score (nSPS) is 11.1. The number of nitrogens with one attached hydrogen (secondary N) is 2. The van der Waals surface area contributed by atoms with Crippen molar-refractivity contribution in [3.8, 4) is 22.6 Å². The molecule has 0 atom stereocenters. The maximum Gasteiger partial charge on any atom is 0.418 e. The van der Waals surface area contributed by atoms with Gasteiger partial charge in [-0.2, -0.15) is 4.98 Å². The van der Waals surface area contributed by atoms with Gasteiger partial charge in [0.2, 0.25) is 5.95 Å². The Labute approximate surface area is 263 Å². The second kappa shape index (κ2) is 14.6. The quantitative estimate of drug-likeness (QED) is 0.137. The molecule has 45 heavy (non-hydrogen) atoms. The van der Waals surface area contributed by atoms with Crippen LogP contribution in [0.25, 0.3) is 21.9 Å². The summed E-state index contributed by atoms with van der Waals surface area (Å²) >= 11 is 0. The number of aryl methyl sites for hydroxylation is 1. The number of amides is 1. The number of ether oxygens (including phenoxy) is 2. The second-order valence-corrected chi connectivity index (χ2v) is 10.8. The first-order valence-electron chi connectivity index (χ1n) is 15.2. The van der Waals surface area contributed by atoms with E-state index in [0.29, 0.717) is 18.0 Å². The fourth-order valence-corrected chi connectivity index (χ4v) is 5.08. The topological polar surface area (TPSA) is 88.6 Å². The number of hydrogen-bond donors (Lipinski definition) is 2. The molecule has 1 amide bonds. The molecule has 0 bridgehead atoms. The van der Waals surface area contributed by atoms with Gasteiger partial charge < -0.3 is 19.7 Å². The highest BCUT2D eigenvalue weighted by Crippen LogP contribution is 2.30. The lowest BCUT2D eigenvalue weighted by atomic mass is 9.95. The summed E-state index contributed by atoms with van der Waals surface area (Å²) in [5.41, 5.74) is 5.28. The predicted octanol–water partition coefficient (Wildman–Crippen LogP) is 8.52. The number of rotatable bonds is 12. The van der Waals surface area contributed by atoms with Crippen LogP contribution in [0.4, 0.5) is 26.6 Å².